The Bertz CT molecular complexity index is 383. The van der Waals surface area contributed by atoms with Gasteiger partial charge in [0.25, 0.3) is 0 Å². The minimum atomic E-state index is -4.22. The van der Waals surface area contributed by atoms with Gasteiger partial charge in [-0.25, -0.2) is 13.2 Å². The molecule has 0 amide bonds. The number of halogens is 5. The normalized spacial score (nSPS) is 12.1. The van der Waals surface area contributed by atoms with Gasteiger partial charge in [0.2, 0.25) is 0 Å². The van der Waals surface area contributed by atoms with Crippen molar-refractivity contribution in [3.05, 3.63) is 29.6 Å². The van der Waals surface area contributed by atoms with E-state index in [4.69, 9.17) is 5.73 Å². The molecule has 2 N–H and O–H groups in total. The van der Waals surface area contributed by atoms with Crippen LogP contribution in [0.4, 0.5) is 27.6 Å². The molecule has 2 nitrogen and oxygen atoms in total. The van der Waals surface area contributed by atoms with Gasteiger partial charge in [-0.15, -0.1) is 0 Å². The Kier molecular flexibility index (Phi) is 4.28. The van der Waals surface area contributed by atoms with Crippen molar-refractivity contribution in [3.63, 3.8) is 0 Å². The first-order valence-electron chi connectivity index (χ1n) is 4.60. The molecule has 1 rings (SSSR count). The van der Waals surface area contributed by atoms with Crippen LogP contribution < -0.4 is 5.73 Å². The lowest BCUT2D eigenvalue weighted by Gasteiger charge is -2.15. The number of anilines is 1. The van der Waals surface area contributed by atoms with Crippen molar-refractivity contribution in [2.24, 2.45) is 0 Å². The topological polar surface area (TPSA) is 35.2 Å². The van der Waals surface area contributed by atoms with Gasteiger partial charge in [-0.2, -0.15) is 8.78 Å². The molecule has 0 fully saturated rings. The third-order valence-electron chi connectivity index (χ3n) is 1.98. The van der Waals surface area contributed by atoms with E-state index in [-0.39, 0.29) is 11.3 Å². The highest BCUT2D eigenvalue weighted by atomic mass is 19.3. The highest BCUT2D eigenvalue weighted by Gasteiger charge is 2.40. The summed E-state index contributed by atoms with van der Waals surface area (Å²) in [5.41, 5.74) is 5.70. The Morgan fingerprint density at radius 2 is 1.94 bits per heavy atom. The fraction of sp³-hybridized carbons (Fsp3) is 0.400. The van der Waals surface area contributed by atoms with E-state index in [0.29, 0.717) is 0 Å². The lowest BCUT2D eigenvalue weighted by molar-refractivity contribution is -0.168. The van der Waals surface area contributed by atoms with Crippen LogP contribution in [0, 0.1) is 5.82 Å². The molecule has 0 saturated heterocycles. The number of alkyl halides is 4. The van der Waals surface area contributed by atoms with Crippen LogP contribution in [-0.2, 0) is 11.3 Å². The molecule has 0 heterocycles. The summed E-state index contributed by atoms with van der Waals surface area (Å²) in [5, 5.41) is 0. The van der Waals surface area contributed by atoms with Crippen molar-refractivity contribution in [1.82, 2.24) is 0 Å². The molecule has 0 bridgehead atoms. The monoisotopic (exact) mass is 255 g/mol. The minimum absolute atomic E-state index is 0.134. The maximum absolute atomic E-state index is 12.8. The first-order chi connectivity index (χ1) is 7.83. The highest BCUT2D eigenvalue weighted by Crippen LogP contribution is 2.24. The lowest BCUT2D eigenvalue weighted by Crippen LogP contribution is -2.32. The van der Waals surface area contributed by atoms with Gasteiger partial charge in [-0.1, -0.05) is 0 Å². The predicted molar refractivity (Wildman–Crippen MR) is 51.4 cm³/mol. The summed E-state index contributed by atoms with van der Waals surface area (Å²) >= 11 is 0. The van der Waals surface area contributed by atoms with Crippen molar-refractivity contribution < 1.29 is 26.7 Å². The van der Waals surface area contributed by atoms with Gasteiger partial charge in [0.1, 0.15) is 12.4 Å². The lowest BCUT2D eigenvalue weighted by atomic mass is 10.2. The zero-order valence-corrected chi connectivity index (χ0v) is 8.60. The minimum Gasteiger partial charge on any atom is -0.398 e. The van der Waals surface area contributed by atoms with E-state index in [1.807, 2.05) is 0 Å². The van der Waals surface area contributed by atoms with E-state index in [2.05, 4.69) is 4.74 Å². The summed E-state index contributed by atoms with van der Waals surface area (Å²) in [6, 6.07) is 3.32. The first-order valence-corrected chi connectivity index (χ1v) is 4.60. The smallest absolute Gasteiger partial charge is 0.330 e. The molecular weight excluding hydrogens is 245 g/mol. The number of hydrogen-bond acceptors (Lipinski definition) is 2. The van der Waals surface area contributed by atoms with Gasteiger partial charge in [0, 0.05) is 11.3 Å². The second kappa shape index (κ2) is 5.31. The number of nitrogens with two attached hydrogens (primary N) is 1. The number of nitrogen functional groups attached to an aromatic ring is 1. The van der Waals surface area contributed by atoms with Crippen molar-refractivity contribution in [3.8, 4) is 0 Å². The number of rotatable bonds is 5. The highest BCUT2D eigenvalue weighted by molar-refractivity contribution is 5.46. The van der Waals surface area contributed by atoms with E-state index < -0.39 is 31.4 Å². The molecule has 1 aromatic rings. The van der Waals surface area contributed by atoms with E-state index in [1.54, 1.807) is 0 Å². The summed E-state index contributed by atoms with van der Waals surface area (Å²) < 4.78 is 65.6. The van der Waals surface area contributed by atoms with Crippen LogP contribution in [0.3, 0.4) is 0 Å². The molecule has 0 spiro atoms. The molecule has 0 aliphatic rings. The summed E-state index contributed by atoms with van der Waals surface area (Å²) in [6.07, 6.45) is -3.80. The van der Waals surface area contributed by atoms with Crippen molar-refractivity contribution in [1.29, 1.82) is 0 Å². The molecule has 0 unspecified atom stereocenters. The molecule has 96 valence electrons. The fourth-order valence-corrected chi connectivity index (χ4v) is 1.06. The van der Waals surface area contributed by atoms with Crippen molar-refractivity contribution in [2.45, 2.75) is 19.0 Å². The molecule has 0 aromatic heterocycles. The average Bonchev–Trinajstić information content (AvgIpc) is 2.22. The quantitative estimate of drug-likeness (QED) is 0.648. The molecule has 1 aromatic carbocycles. The zero-order valence-electron chi connectivity index (χ0n) is 8.60. The third-order valence-corrected chi connectivity index (χ3v) is 1.98. The molecule has 0 aliphatic carbocycles. The molecule has 7 heteroatoms. The Labute approximate surface area is 94.2 Å². The number of benzene rings is 1. The van der Waals surface area contributed by atoms with Gasteiger partial charge in [-0.05, 0) is 18.2 Å². The number of hydrogen-bond donors (Lipinski definition) is 1. The maximum atomic E-state index is 12.8. The van der Waals surface area contributed by atoms with Crippen LogP contribution in [0.2, 0.25) is 0 Å². The Morgan fingerprint density at radius 3 is 2.53 bits per heavy atom. The molecule has 0 radical (unpaired) electrons. The standard InChI is InChI=1S/C10H10F5NO/c11-7-1-2-8(16)6(3-7)4-17-5-10(14,15)9(12)13/h1-3,9H,4-5,16H2. The summed E-state index contributed by atoms with van der Waals surface area (Å²) in [6.45, 7) is -1.90. The zero-order chi connectivity index (χ0) is 13.1. The van der Waals surface area contributed by atoms with Crippen LogP contribution >= 0.6 is 0 Å². The Hall–Kier alpha value is -1.37. The maximum Gasteiger partial charge on any atom is 0.330 e. The molecule has 0 saturated carbocycles. The molecule has 0 atom stereocenters. The Morgan fingerprint density at radius 1 is 1.29 bits per heavy atom. The van der Waals surface area contributed by atoms with Crippen LogP contribution in [-0.4, -0.2) is 19.0 Å². The average molecular weight is 255 g/mol. The van der Waals surface area contributed by atoms with E-state index in [0.717, 1.165) is 12.1 Å². The van der Waals surface area contributed by atoms with Gasteiger partial charge in [0.05, 0.1) is 6.61 Å². The Balaban J connectivity index is 2.54. The van der Waals surface area contributed by atoms with Crippen molar-refractivity contribution in [2.75, 3.05) is 12.3 Å². The summed E-state index contributed by atoms with van der Waals surface area (Å²) in [4.78, 5) is 0. The fourth-order valence-electron chi connectivity index (χ4n) is 1.06. The number of ether oxygens (including phenoxy) is 1. The molecule has 0 aliphatic heterocycles. The second-order valence-corrected chi connectivity index (χ2v) is 3.40. The van der Waals surface area contributed by atoms with Crippen LogP contribution in [0.1, 0.15) is 5.56 Å². The van der Waals surface area contributed by atoms with Gasteiger partial charge in [-0.3, -0.25) is 0 Å². The second-order valence-electron chi connectivity index (χ2n) is 3.40. The summed E-state index contributed by atoms with van der Waals surface area (Å²) in [5.74, 6) is -4.83. The van der Waals surface area contributed by atoms with Crippen LogP contribution in [0.25, 0.3) is 0 Å². The SMILES string of the molecule is Nc1ccc(F)cc1COCC(F)(F)C(F)F. The van der Waals surface area contributed by atoms with Crippen molar-refractivity contribution >= 4 is 5.69 Å². The largest absolute Gasteiger partial charge is 0.398 e. The van der Waals surface area contributed by atoms with Gasteiger partial charge < -0.3 is 10.5 Å². The third kappa shape index (κ3) is 3.85. The predicted octanol–water partition coefficient (Wildman–Crippen LogP) is 2.82. The van der Waals surface area contributed by atoms with E-state index in [1.165, 1.54) is 6.07 Å². The van der Waals surface area contributed by atoms with Crippen LogP contribution in [0.5, 0.6) is 0 Å². The van der Waals surface area contributed by atoms with Gasteiger partial charge in [0.15, 0.2) is 0 Å². The molecule has 17 heavy (non-hydrogen) atoms. The van der Waals surface area contributed by atoms with E-state index >= 15 is 0 Å². The van der Waals surface area contributed by atoms with Crippen LogP contribution in [0.15, 0.2) is 18.2 Å². The summed E-state index contributed by atoms with van der Waals surface area (Å²) in [7, 11) is 0. The molecular formula is C10H10F5NO. The van der Waals surface area contributed by atoms with E-state index in [9.17, 15) is 22.0 Å². The first kappa shape index (κ1) is 13.7. The van der Waals surface area contributed by atoms with Gasteiger partial charge >= 0.3 is 12.3 Å².